The van der Waals surface area contributed by atoms with Crippen LogP contribution in [0.5, 0.6) is 0 Å². The molecule has 2 aromatic rings. The largest absolute Gasteiger partial charge is 0.388 e. The Morgan fingerprint density at radius 3 is 2.21 bits per heavy atom. The van der Waals surface area contributed by atoms with Gasteiger partial charge in [0.05, 0.1) is 6.10 Å². The second-order valence-corrected chi connectivity index (χ2v) is 4.86. The minimum atomic E-state index is -0.353. The Balaban J connectivity index is 2.05. The molecular weight excluding hydrogens is 234 g/mol. The molecule has 0 saturated carbocycles. The quantitative estimate of drug-likeness (QED) is 0.879. The Morgan fingerprint density at radius 2 is 1.63 bits per heavy atom. The number of benzene rings is 2. The number of anilines is 1. The minimum absolute atomic E-state index is 0.353. The first kappa shape index (κ1) is 13.6. The van der Waals surface area contributed by atoms with Crippen molar-refractivity contribution in [1.29, 1.82) is 0 Å². The summed E-state index contributed by atoms with van der Waals surface area (Å²) in [5.41, 5.74) is 3.44. The van der Waals surface area contributed by atoms with Crippen molar-refractivity contribution in [2.75, 3.05) is 11.9 Å². The van der Waals surface area contributed by atoms with Gasteiger partial charge in [0.25, 0.3) is 0 Å². The molecule has 0 unspecified atom stereocenters. The van der Waals surface area contributed by atoms with Crippen molar-refractivity contribution in [2.24, 2.45) is 0 Å². The van der Waals surface area contributed by atoms with Crippen molar-refractivity contribution in [3.8, 4) is 0 Å². The van der Waals surface area contributed by atoms with Crippen LogP contribution in [0.1, 0.15) is 30.6 Å². The fourth-order valence-corrected chi connectivity index (χ4v) is 2.14. The van der Waals surface area contributed by atoms with E-state index in [1.54, 1.807) is 0 Å². The average Bonchev–Trinajstić information content (AvgIpc) is 2.47. The van der Waals surface area contributed by atoms with Crippen molar-refractivity contribution >= 4 is 5.69 Å². The monoisotopic (exact) mass is 255 g/mol. The fourth-order valence-electron chi connectivity index (χ4n) is 2.14. The summed E-state index contributed by atoms with van der Waals surface area (Å²) >= 11 is 0. The van der Waals surface area contributed by atoms with E-state index in [9.17, 15) is 5.11 Å². The molecule has 2 aromatic carbocycles. The summed E-state index contributed by atoms with van der Waals surface area (Å²) in [4.78, 5) is 2.21. The molecule has 0 bridgehead atoms. The molecule has 2 rings (SSSR count). The molecule has 0 heterocycles. The maximum absolute atomic E-state index is 9.78. The lowest BCUT2D eigenvalue weighted by Gasteiger charge is -2.20. The maximum atomic E-state index is 9.78. The smallest absolute Gasteiger partial charge is 0.0787 e. The highest BCUT2D eigenvalue weighted by Gasteiger charge is 2.06. The van der Waals surface area contributed by atoms with E-state index in [-0.39, 0.29) is 6.10 Å². The van der Waals surface area contributed by atoms with Crippen molar-refractivity contribution in [3.63, 3.8) is 0 Å². The van der Waals surface area contributed by atoms with Gasteiger partial charge in [-0.3, -0.25) is 0 Å². The van der Waals surface area contributed by atoms with Gasteiger partial charge in [0.2, 0.25) is 0 Å². The Labute approximate surface area is 115 Å². The molecule has 0 aliphatic heterocycles. The number of rotatable bonds is 5. The van der Waals surface area contributed by atoms with Gasteiger partial charge >= 0.3 is 0 Å². The van der Waals surface area contributed by atoms with Crippen LogP contribution in [0.25, 0.3) is 0 Å². The molecule has 0 spiro atoms. The maximum Gasteiger partial charge on any atom is 0.0787 e. The molecule has 0 aliphatic carbocycles. The number of nitrogens with zero attached hydrogens (tertiary/aromatic N) is 1. The van der Waals surface area contributed by atoms with Gasteiger partial charge in [-0.1, -0.05) is 49.4 Å². The number of hydrogen-bond acceptors (Lipinski definition) is 2. The zero-order valence-electron chi connectivity index (χ0n) is 11.6. The molecule has 19 heavy (non-hydrogen) atoms. The SMILES string of the molecule is CC[C@@H](O)c1ccc(N(C)Cc2ccccc2)cc1. The predicted molar refractivity (Wildman–Crippen MR) is 80.2 cm³/mol. The van der Waals surface area contributed by atoms with E-state index in [0.717, 1.165) is 24.2 Å². The van der Waals surface area contributed by atoms with Gasteiger partial charge in [-0.25, -0.2) is 0 Å². The van der Waals surface area contributed by atoms with Gasteiger partial charge in [0.15, 0.2) is 0 Å². The van der Waals surface area contributed by atoms with Crippen LogP contribution < -0.4 is 4.90 Å². The fraction of sp³-hybridized carbons (Fsp3) is 0.294. The summed E-state index contributed by atoms with van der Waals surface area (Å²) in [5, 5.41) is 9.78. The van der Waals surface area contributed by atoms with Crippen LogP contribution in [-0.2, 0) is 6.54 Å². The van der Waals surface area contributed by atoms with Crippen molar-refractivity contribution in [2.45, 2.75) is 26.0 Å². The number of hydrogen-bond donors (Lipinski definition) is 1. The Bertz CT molecular complexity index is 492. The van der Waals surface area contributed by atoms with E-state index in [4.69, 9.17) is 0 Å². The lowest BCUT2D eigenvalue weighted by molar-refractivity contribution is 0.173. The van der Waals surface area contributed by atoms with E-state index in [2.05, 4.69) is 48.3 Å². The van der Waals surface area contributed by atoms with Crippen LogP contribution in [0.15, 0.2) is 54.6 Å². The van der Waals surface area contributed by atoms with E-state index >= 15 is 0 Å². The summed E-state index contributed by atoms with van der Waals surface area (Å²) in [6.45, 7) is 2.87. The number of aliphatic hydroxyl groups is 1. The molecule has 2 nitrogen and oxygen atoms in total. The van der Waals surface area contributed by atoms with E-state index < -0.39 is 0 Å². The van der Waals surface area contributed by atoms with Gasteiger partial charge < -0.3 is 10.0 Å². The lowest BCUT2D eigenvalue weighted by atomic mass is 10.1. The van der Waals surface area contributed by atoms with E-state index in [0.29, 0.717) is 0 Å². The van der Waals surface area contributed by atoms with Gasteiger partial charge in [0, 0.05) is 19.3 Å². The topological polar surface area (TPSA) is 23.5 Å². The van der Waals surface area contributed by atoms with E-state index in [1.165, 1.54) is 5.56 Å². The van der Waals surface area contributed by atoms with Crippen molar-refractivity contribution in [1.82, 2.24) is 0 Å². The third kappa shape index (κ3) is 3.58. The first-order valence-corrected chi connectivity index (χ1v) is 6.73. The molecular formula is C17H21NO. The van der Waals surface area contributed by atoms with Gasteiger partial charge in [-0.05, 0) is 29.7 Å². The molecule has 100 valence electrons. The first-order chi connectivity index (χ1) is 9.20. The summed E-state index contributed by atoms with van der Waals surface area (Å²) in [7, 11) is 2.08. The summed E-state index contributed by atoms with van der Waals surface area (Å²) in [5.74, 6) is 0. The highest BCUT2D eigenvalue weighted by molar-refractivity contribution is 5.47. The zero-order valence-corrected chi connectivity index (χ0v) is 11.6. The van der Waals surface area contributed by atoms with Crippen LogP contribution in [0.4, 0.5) is 5.69 Å². The molecule has 0 amide bonds. The molecule has 0 aromatic heterocycles. The first-order valence-electron chi connectivity index (χ1n) is 6.73. The van der Waals surface area contributed by atoms with Crippen molar-refractivity contribution < 1.29 is 5.11 Å². The van der Waals surface area contributed by atoms with Crippen LogP contribution in [0.3, 0.4) is 0 Å². The van der Waals surface area contributed by atoms with Crippen LogP contribution in [0.2, 0.25) is 0 Å². The highest BCUT2D eigenvalue weighted by Crippen LogP contribution is 2.21. The Morgan fingerprint density at radius 1 is 1.00 bits per heavy atom. The molecule has 0 radical (unpaired) electrons. The summed E-state index contributed by atoms with van der Waals surface area (Å²) < 4.78 is 0. The Hall–Kier alpha value is -1.80. The molecule has 1 atom stereocenters. The highest BCUT2D eigenvalue weighted by atomic mass is 16.3. The molecule has 0 fully saturated rings. The molecule has 1 N–H and O–H groups in total. The van der Waals surface area contributed by atoms with Crippen molar-refractivity contribution in [3.05, 3.63) is 65.7 Å². The molecule has 0 aliphatic rings. The van der Waals surface area contributed by atoms with Gasteiger partial charge in [0.1, 0.15) is 0 Å². The normalized spacial score (nSPS) is 12.2. The lowest BCUT2D eigenvalue weighted by Crippen LogP contribution is -2.16. The third-order valence-electron chi connectivity index (χ3n) is 3.37. The second-order valence-electron chi connectivity index (χ2n) is 4.86. The predicted octanol–water partition coefficient (Wildman–Crippen LogP) is 3.77. The average molecular weight is 255 g/mol. The summed E-state index contributed by atoms with van der Waals surface area (Å²) in [6, 6.07) is 18.6. The van der Waals surface area contributed by atoms with Gasteiger partial charge in [-0.15, -0.1) is 0 Å². The van der Waals surface area contributed by atoms with E-state index in [1.807, 2.05) is 25.1 Å². The molecule has 2 heteroatoms. The third-order valence-corrected chi connectivity index (χ3v) is 3.37. The zero-order chi connectivity index (χ0) is 13.7. The van der Waals surface area contributed by atoms with Crippen LogP contribution in [-0.4, -0.2) is 12.2 Å². The Kier molecular flexibility index (Phi) is 4.58. The number of aliphatic hydroxyl groups excluding tert-OH is 1. The standard InChI is InChI=1S/C17H21NO/c1-3-17(19)15-9-11-16(12-10-15)18(2)13-14-7-5-4-6-8-14/h4-12,17,19H,3,13H2,1-2H3/t17-/m1/s1. The van der Waals surface area contributed by atoms with Gasteiger partial charge in [-0.2, -0.15) is 0 Å². The minimum Gasteiger partial charge on any atom is -0.388 e. The second kappa shape index (κ2) is 6.39. The summed E-state index contributed by atoms with van der Waals surface area (Å²) in [6.07, 6.45) is 0.396. The van der Waals surface area contributed by atoms with Crippen LogP contribution in [0, 0.1) is 0 Å². The molecule has 0 saturated heterocycles. The van der Waals surface area contributed by atoms with Crippen LogP contribution >= 0.6 is 0 Å².